The van der Waals surface area contributed by atoms with Gasteiger partial charge in [-0.25, -0.2) is 9.18 Å². The average Bonchev–Trinajstić information content (AvgIpc) is 3.00. The molecule has 1 fully saturated rings. The zero-order valence-corrected chi connectivity index (χ0v) is 14.6. The van der Waals surface area contributed by atoms with E-state index in [-0.39, 0.29) is 12.5 Å². The van der Waals surface area contributed by atoms with Crippen LogP contribution < -0.4 is 4.74 Å². The Hall–Kier alpha value is -2.41. The lowest BCUT2D eigenvalue weighted by atomic mass is 10.1. The maximum absolute atomic E-state index is 14.3. The second kappa shape index (κ2) is 7.23. The molecule has 0 amide bonds. The van der Waals surface area contributed by atoms with Crippen LogP contribution in [0.5, 0.6) is 5.75 Å². The minimum absolute atomic E-state index is 0.0838. The molecule has 7 heteroatoms. The van der Waals surface area contributed by atoms with Gasteiger partial charge in [0.15, 0.2) is 0 Å². The van der Waals surface area contributed by atoms with E-state index >= 15 is 0 Å². The van der Waals surface area contributed by atoms with Crippen molar-refractivity contribution in [3.8, 4) is 5.75 Å². The second-order valence-electron chi connectivity index (χ2n) is 6.47. The van der Waals surface area contributed by atoms with E-state index in [4.69, 9.17) is 4.74 Å². The van der Waals surface area contributed by atoms with Gasteiger partial charge in [0.1, 0.15) is 17.7 Å². The fraction of sp³-hybridized carbons (Fsp3) is 0.444. The molecule has 2 aromatic heterocycles. The Balaban J connectivity index is 1.60. The van der Waals surface area contributed by atoms with E-state index in [9.17, 15) is 9.18 Å². The Morgan fingerprint density at radius 1 is 1.44 bits per heavy atom. The summed E-state index contributed by atoms with van der Waals surface area (Å²) >= 11 is 0. The number of nitrogens with one attached hydrogen (secondary N) is 1. The van der Waals surface area contributed by atoms with Gasteiger partial charge in [-0.2, -0.15) is 0 Å². The van der Waals surface area contributed by atoms with Crippen LogP contribution in [0.15, 0.2) is 24.5 Å². The van der Waals surface area contributed by atoms with Gasteiger partial charge in [-0.3, -0.25) is 9.88 Å². The Morgan fingerprint density at radius 3 is 2.84 bits per heavy atom. The topological polar surface area (TPSA) is 67.5 Å². The van der Waals surface area contributed by atoms with Crippen LogP contribution in [0.2, 0.25) is 0 Å². The normalized spacial score (nSPS) is 15.2. The molecule has 2 aromatic rings. The SMILES string of the molecule is COC(=O)c1c[nH]c(Cc2ncc(OC3CN(C(C)C)C3)cc2F)c1. The van der Waals surface area contributed by atoms with Crippen molar-refractivity contribution in [1.82, 2.24) is 14.9 Å². The van der Waals surface area contributed by atoms with E-state index in [1.165, 1.54) is 19.4 Å². The largest absolute Gasteiger partial charge is 0.486 e. The van der Waals surface area contributed by atoms with Crippen LogP contribution in [0.3, 0.4) is 0 Å². The van der Waals surface area contributed by atoms with Crippen LogP contribution in [0.4, 0.5) is 4.39 Å². The minimum atomic E-state index is -0.435. The summed E-state index contributed by atoms with van der Waals surface area (Å²) in [4.78, 5) is 20.8. The molecule has 1 aliphatic rings. The maximum Gasteiger partial charge on any atom is 0.339 e. The van der Waals surface area contributed by atoms with Crippen LogP contribution >= 0.6 is 0 Å². The molecule has 0 aromatic carbocycles. The average molecular weight is 347 g/mol. The molecule has 1 saturated heterocycles. The standard InChI is InChI=1S/C18H22FN3O3/c1-11(2)22-9-15(10-22)25-14-6-16(19)17(21-8-14)5-13-4-12(7-20-13)18(23)24-3/h4,6-8,11,15,20H,5,9-10H2,1-3H3. The van der Waals surface area contributed by atoms with Gasteiger partial charge in [0, 0.05) is 43.5 Å². The highest BCUT2D eigenvalue weighted by molar-refractivity contribution is 5.89. The predicted octanol–water partition coefficient (Wildman–Crippen LogP) is 2.40. The lowest BCUT2D eigenvalue weighted by Gasteiger charge is -2.41. The smallest absolute Gasteiger partial charge is 0.339 e. The Kier molecular flexibility index (Phi) is 5.03. The number of hydrogen-bond acceptors (Lipinski definition) is 5. The molecule has 0 atom stereocenters. The molecule has 134 valence electrons. The highest BCUT2D eigenvalue weighted by Crippen LogP contribution is 2.22. The van der Waals surface area contributed by atoms with Crippen molar-refractivity contribution in [2.75, 3.05) is 20.2 Å². The molecule has 25 heavy (non-hydrogen) atoms. The number of rotatable bonds is 6. The van der Waals surface area contributed by atoms with Crippen LogP contribution in [0, 0.1) is 5.82 Å². The highest BCUT2D eigenvalue weighted by atomic mass is 19.1. The summed E-state index contributed by atoms with van der Waals surface area (Å²) in [7, 11) is 1.32. The van der Waals surface area contributed by atoms with E-state index in [2.05, 4.69) is 33.5 Å². The fourth-order valence-corrected chi connectivity index (χ4v) is 2.76. The zero-order valence-electron chi connectivity index (χ0n) is 14.6. The third kappa shape index (κ3) is 3.99. The van der Waals surface area contributed by atoms with E-state index in [1.807, 2.05) is 0 Å². The molecule has 3 heterocycles. The van der Waals surface area contributed by atoms with E-state index in [0.717, 1.165) is 13.1 Å². The fourth-order valence-electron chi connectivity index (χ4n) is 2.76. The third-order valence-electron chi connectivity index (χ3n) is 4.32. The van der Waals surface area contributed by atoms with Crippen molar-refractivity contribution in [3.63, 3.8) is 0 Å². The van der Waals surface area contributed by atoms with Crippen molar-refractivity contribution in [2.45, 2.75) is 32.4 Å². The molecule has 0 aliphatic carbocycles. The lowest BCUT2D eigenvalue weighted by molar-refractivity contribution is -0.000213. The third-order valence-corrected chi connectivity index (χ3v) is 4.32. The monoisotopic (exact) mass is 347 g/mol. The quantitative estimate of drug-likeness (QED) is 0.813. The van der Waals surface area contributed by atoms with Crippen molar-refractivity contribution in [3.05, 3.63) is 47.3 Å². The molecular formula is C18H22FN3O3. The first-order valence-electron chi connectivity index (χ1n) is 8.27. The van der Waals surface area contributed by atoms with Gasteiger partial charge >= 0.3 is 5.97 Å². The number of likely N-dealkylation sites (tertiary alicyclic amines) is 1. The highest BCUT2D eigenvalue weighted by Gasteiger charge is 2.30. The van der Waals surface area contributed by atoms with Gasteiger partial charge in [-0.05, 0) is 19.9 Å². The Bertz CT molecular complexity index is 754. The number of ether oxygens (including phenoxy) is 2. The van der Waals surface area contributed by atoms with Crippen LogP contribution in [0.1, 0.15) is 35.6 Å². The molecular weight excluding hydrogens is 325 g/mol. The Morgan fingerprint density at radius 2 is 2.20 bits per heavy atom. The first-order chi connectivity index (χ1) is 12.0. The molecule has 0 radical (unpaired) electrons. The summed E-state index contributed by atoms with van der Waals surface area (Å²) in [5.74, 6) is -0.418. The summed E-state index contributed by atoms with van der Waals surface area (Å²) in [6.07, 6.45) is 3.42. The number of methoxy groups -OCH3 is 1. The number of pyridine rings is 1. The first kappa shape index (κ1) is 17.4. The van der Waals surface area contributed by atoms with Crippen LogP contribution in [0.25, 0.3) is 0 Å². The number of H-pyrrole nitrogens is 1. The van der Waals surface area contributed by atoms with Crippen molar-refractivity contribution in [1.29, 1.82) is 0 Å². The summed E-state index contributed by atoms with van der Waals surface area (Å²) in [5, 5.41) is 0. The van der Waals surface area contributed by atoms with Crippen LogP contribution in [-0.4, -0.2) is 53.2 Å². The number of aromatic nitrogens is 2. The maximum atomic E-state index is 14.3. The minimum Gasteiger partial charge on any atom is -0.486 e. The van der Waals surface area contributed by atoms with Gasteiger partial charge in [0.25, 0.3) is 0 Å². The number of nitrogens with zero attached hydrogens (tertiary/aromatic N) is 2. The number of carbonyl (C=O) groups excluding carboxylic acids is 1. The van der Waals surface area contributed by atoms with Crippen molar-refractivity contribution >= 4 is 5.97 Å². The van der Waals surface area contributed by atoms with Gasteiger partial charge in [-0.1, -0.05) is 0 Å². The molecule has 0 bridgehead atoms. The van der Waals surface area contributed by atoms with Crippen LogP contribution in [-0.2, 0) is 11.2 Å². The number of esters is 1. The van der Waals surface area contributed by atoms with E-state index in [0.29, 0.717) is 28.7 Å². The molecule has 1 N–H and O–H groups in total. The predicted molar refractivity (Wildman–Crippen MR) is 90.3 cm³/mol. The summed E-state index contributed by atoms with van der Waals surface area (Å²) in [6, 6.07) is 3.49. The lowest BCUT2D eigenvalue weighted by Crippen LogP contribution is -2.56. The van der Waals surface area contributed by atoms with Gasteiger partial charge in [0.2, 0.25) is 0 Å². The zero-order chi connectivity index (χ0) is 18.0. The van der Waals surface area contributed by atoms with Gasteiger partial charge in [0.05, 0.1) is 24.6 Å². The number of hydrogen-bond donors (Lipinski definition) is 1. The molecule has 0 spiro atoms. The first-order valence-corrected chi connectivity index (χ1v) is 8.27. The molecule has 0 saturated carbocycles. The summed E-state index contributed by atoms with van der Waals surface area (Å²) < 4.78 is 24.7. The number of carbonyl (C=O) groups is 1. The molecule has 1 aliphatic heterocycles. The second-order valence-corrected chi connectivity index (χ2v) is 6.47. The summed E-state index contributed by atoms with van der Waals surface area (Å²) in [5.41, 5.74) is 1.38. The number of halogens is 1. The molecule has 0 unspecified atom stereocenters. The molecule has 3 rings (SSSR count). The summed E-state index contributed by atoms with van der Waals surface area (Å²) in [6.45, 7) is 5.97. The van der Waals surface area contributed by atoms with Crippen molar-refractivity contribution < 1.29 is 18.7 Å². The van der Waals surface area contributed by atoms with Gasteiger partial charge < -0.3 is 14.5 Å². The molecule has 6 nitrogen and oxygen atoms in total. The Labute approximate surface area is 146 Å². The number of aromatic amines is 1. The van der Waals surface area contributed by atoms with E-state index < -0.39 is 11.8 Å². The van der Waals surface area contributed by atoms with Gasteiger partial charge in [-0.15, -0.1) is 0 Å². The van der Waals surface area contributed by atoms with Crippen molar-refractivity contribution in [2.24, 2.45) is 0 Å². The van der Waals surface area contributed by atoms with E-state index in [1.54, 1.807) is 12.3 Å².